The van der Waals surface area contributed by atoms with Crippen LogP contribution in [-0.2, 0) is 11.3 Å². The Hall–Kier alpha value is -1.55. The highest BCUT2D eigenvalue weighted by atomic mass is 16.5. The lowest BCUT2D eigenvalue weighted by Gasteiger charge is -2.13. The Morgan fingerprint density at radius 3 is 2.75 bits per heavy atom. The summed E-state index contributed by atoms with van der Waals surface area (Å²) in [5, 5.41) is 6.02. The minimum atomic E-state index is 0.0560. The molecule has 0 atom stereocenters. The van der Waals surface area contributed by atoms with Gasteiger partial charge in [0.05, 0.1) is 6.61 Å². The van der Waals surface area contributed by atoms with Gasteiger partial charge in [-0.3, -0.25) is 4.79 Å². The van der Waals surface area contributed by atoms with Crippen molar-refractivity contribution >= 4 is 5.91 Å². The van der Waals surface area contributed by atoms with E-state index in [4.69, 9.17) is 4.74 Å². The van der Waals surface area contributed by atoms with Crippen molar-refractivity contribution in [2.24, 2.45) is 5.92 Å². The molecule has 0 bridgehead atoms. The minimum absolute atomic E-state index is 0.0560. The van der Waals surface area contributed by atoms with Gasteiger partial charge in [0, 0.05) is 25.6 Å². The predicted octanol–water partition coefficient (Wildman–Crippen LogP) is 2.34. The molecule has 0 aliphatic rings. The number of ether oxygens (including phenoxy) is 1. The topological polar surface area (TPSA) is 50.4 Å². The first-order valence-electron chi connectivity index (χ1n) is 7.25. The largest absolute Gasteiger partial charge is 0.493 e. The third-order valence-corrected chi connectivity index (χ3v) is 2.93. The Morgan fingerprint density at radius 2 is 2.05 bits per heavy atom. The zero-order valence-corrected chi connectivity index (χ0v) is 12.7. The van der Waals surface area contributed by atoms with Crippen LogP contribution in [0.25, 0.3) is 0 Å². The van der Waals surface area contributed by atoms with Crippen LogP contribution in [0.1, 0.15) is 32.3 Å². The molecule has 0 spiro atoms. The van der Waals surface area contributed by atoms with E-state index in [0.29, 0.717) is 18.9 Å². The summed E-state index contributed by atoms with van der Waals surface area (Å²) in [6, 6.07) is 8.04. The lowest BCUT2D eigenvalue weighted by molar-refractivity contribution is -0.120. The van der Waals surface area contributed by atoms with Crippen LogP contribution in [0.15, 0.2) is 24.3 Å². The number of para-hydroxylation sites is 1. The van der Waals surface area contributed by atoms with Crippen molar-refractivity contribution in [2.45, 2.75) is 33.2 Å². The molecule has 0 aliphatic heterocycles. The molecule has 1 amide bonds. The molecule has 0 unspecified atom stereocenters. The second-order valence-corrected chi connectivity index (χ2v) is 5.26. The summed E-state index contributed by atoms with van der Waals surface area (Å²) in [6.45, 7) is 6.74. The zero-order valence-electron chi connectivity index (χ0n) is 12.7. The van der Waals surface area contributed by atoms with Crippen molar-refractivity contribution in [1.29, 1.82) is 0 Å². The molecule has 1 rings (SSSR count). The van der Waals surface area contributed by atoms with Gasteiger partial charge in [0.25, 0.3) is 0 Å². The van der Waals surface area contributed by atoms with Crippen LogP contribution in [0.5, 0.6) is 5.75 Å². The summed E-state index contributed by atoms with van der Waals surface area (Å²) in [5.41, 5.74) is 1.16. The second kappa shape index (κ2) is 9.37. The maximum absolute atomic E-state index is 11.1. The van der Waals surface area contributed by atoms with Crippen LogP contribution in [0.4, 0.5) is 0 Å². The van der Waals surface area contributed by atoms with Crippen LogP contribution in [0, 0.1) is 5.92 Å². The Balaban J connectivity index is 2.38. The van der Waals surface area contributed by atoms with E-state index in [0.717, 1.165) is 30.8 Å². The first-order valence-corrected chi connectivity index (χ1v) is 7.25. The van der Waals surface area contributed by atoms with Crippen LogP contribution in [0.3, 0.4) is 0 Å². The number of nitrogens with one attached hydrogen (secondary N) is 2. The highest BCUT2D eigenvalue weighted by Crippen LogP contribution is 2.18. The van der Waals surface area contributed by atoms with Gasteiger partial charge >= 0.3 is 0 Å². The average molecular weight is 278 g/mol. The standard InChI is InChI=1S/C16H26N2O2/c1-13(2)11-18-12-14-7-4-5-8-15(14)20-10-6-9-16(19)17-3/h4-5,7-8,13,18H,6,9-12H2,1-3H3,(H,17,19). The smallest absolute Gasteiger partial charge is 0.219 e. The molecule has 0 aromatic heterocycles. The van der Waals surface area contributed by atoms with E-state index in [-0.39, 0.29) is 5.91 Å². The van der Waals surface area contributed by atoms with Gasteiger partial charge in [-0.05, 0) is 24.9 Å². The summed E-state index contributed by atoms with van der Waals surface area (Å²) in [5.74, 6) is 1.59. The summed E-state index contributed by atoms with van der Waals surface area (Å²) in [6.07, 6.45) is 1.23. The van der Waals surface area contributed by atoms with Gasteiger partial charge in [-0.15, -0.1) is 0 Å². The summed E-state index contributed by atoms with van der Waals surface area (Å²) in [7, 11) is 1.65. The summed E-state index contributed by atoms with van der Waals surface area (Å²) in [4.78, 5) is 11.1. The fraction of sp³-hybridized carbons (Fsp3) is 0.562. The predicted molar refractivity (Wildman–Crippen MR) is 81.8 cm³/mol. The number of hydrogen-bond donors (Lipinski definition) is 2. The summed E-state index contributed by atoms with van der Waals surface area (Å²) < 4.78 is 5.77. The van der Waals surface area contributed by atoms with E-state index in [1.165, 1.54) is 0 Å². The van der Waals surface area contributed by atoms with Crippen molar-refractivity contribution in [1.82, 2.24) is 10.6 Å². The molecule has 112 valence electrons. The van der Waals surface area contributed by atoms with E-state index in [1.807, 2.05) is 18.2 Å². The van der Waals surface area contributed by atoms with Crippen molar-refractivity contribution in [3.63, 3.8) is 0 Å². The molecular formula is C16H26N2O2. The maximum atomic E-state index is 11.1. The number of rotatable bonds is 9. The third-order valence-electron chi connectivity index (χ3n) is 2.93. The molecule has 2 N–H and O–H groups in total. The molecule has 0 saturated heterocycles. The molecule has 1 aromatic rings. The normalized spacial score (nSPS) is 10.6. The minimum Gasteiger partial charge on any atom is -0.493 e. The van der Waals surface area contributed by atoms with E-state index in [9.17, 15) is 4.79 Å². The van der Waals surface area contributed by atoms with Crippen molar-refractivity contribution in [3.8, 4) is 5.75 Å². The van der Waals surface area contributed by atoms with Crippen LogP contribution in [0.2, 0.25) is 0 Å². The number of benzene rings is 1. The molecule has 4 nitrogen and oxygen atoms in total. The van der Waals surface area contributed by atoms with Crippen LogP contribution < -0.4 is 15.4 Å². The van der Waals surface area contributed by atoms with Gasteiger partial charge < -0.3 is 15.4 Å². The average Bonchev–Trinajstić information content (AvgIpc) is 2.44. The first-order chi connectivity index (χ1) is 9.63. The van der Waals surface area contributed by atoms with Gasteiger partial charge in [-0.1, -0.05) is 32.0 Å². The van der Waals surface area contributed by atoms with E-state index in [1.54, 1.807) is 7.05 Å². The molecule has 0 fully saturated rings. The Kier molecular flexibility index (Phi) is 7.73. The number of carbonyl (C=O) groups is 1. The van der Waals surface area contributed by atoms with E-state index in [2.05, 4.69) is 30.5 Å². The van der Waals surface area contributed by atoms with Crippen LogP contribution in [-0.4, -0.2) is 26.1 Å². The van der Waals surface area contributed by atoms with Gasteiger partial charge in [0.15, 0.2) is 0 Å². The lowest BCUT2D eigenvalue weighted by Crippen LogP contribution is -2.20. The third kappa shape index (κ3) is 6.57. The van der Waals surface area contributed by atoms with Crippen molar-refractivity contribution in [2.75, 3.05) is 20.2 Å². The van der Waals surface area contributed by atoms with Crippen molar-refractivity contribution < 1.29 is 9.53 Å². The van der Waals surface area contributed by atoms with E-state index >= 15 is 0 Å². The fourth-order valence-electron chi connectivity index (χ4n) is 1.83. The maximum Gasteiger partial charge on any atom is 0.219 e. The Labute approximate surface area is 121 Å². The van der Waals surface area contributed by atoms with Gasteiger partial charge in [-0.2, -0.15) is 0 Å². The van der Waals surface area contributed by atoms with E-state index < -0.39 is 0 Å². The molecule has 4 heteroatoms. The second-order valence-electron chi connectivity index (χ2n) is 5.26. The van der Waals surface area contributed by atoms with Crippen molar-refractivity contribution in [3.05, 3.63) is 29.8 Å². The Bertz CT molecular complexity index is 405. The Morgan fingerprint density at radius 1 is 1.30 bits per heavy atom. The fourth-order valence-corrected chi connectivity index (χ4v) is 1.83. The van der Waals surface area contributed by atoms with Gasteiger partial charge in [0.1, 0.15) is 5.75 Å². The monoisotopic (exact) mass is 278 g/mol. The highest BCUT2D eigenvalue weighted by molar-refractivity contribution is 5.75. The molecule has 0 radical (unpaired) electrons. The summed E-state index contributed by atoms with van der Waals surface area (Å²) >= 11 is 0. The quantitative estimate of drug-likeness (QED) is 0.682. The number of carbonyl (C=O) groups excluding carboxylic acids is 1. The molecule has 0 heterocycles. The SMILES string of the molecule is CNC(=O)CCCOc1ccccc1CNCC(C)C. The molecule has 0 aliphatic carbocycles. The van der Waals surface area contributed by atoms with Gasteiger partial charge in [0.2, 0.25) is 5.91 Å². The van der Waals surface area contributed by atoms with Gasteiger partial charge in [-0.25, -0.2) is 0 Å². The number of amides is 1. The lowest BCUT2D eigenvalue weighted by atomic mass is 10.2. The highest BCUT2D eigenvalue weighted by Gasteiger charge is 2.04. The molecular weight excluding hydrogens is 252 g/mol. The molecule has 20 heavy (non-hydrogen) atoms. The number of hydrogen-bond acceptors (Lipinski definition) is 3. The molecule has 0 saturated carbocycles. The first kappa shape index (κ1) is 16.5. The zero-order chi connectivity index (χ0) is 14.8. The molecule has 1 aromatic carbocycles. The van der Waals surface area contributed by atoms with Crippen LogP contribution >= 0.6 is 0 Å².